The lowest BCUT2D eigenvalue weighted by molar-refractivity contribution is 0.381. The van der Waals surface area contributed by atoms with Crippen LogP contribution in [0.2, 0.25) is 0 Å². The molecule has 19 heavy (non-hydrogen) atoms. The highest BCUT2D eigenvalue weighted by Gasteiger charge is 2.16. The highest BCUT2D eigenvalue weighted by atomic mass is 16.3. The van der Waals surface area contributed by atoms with Gasteiger partial charge in [0.2, 0.25) is 0 Å². The number of fused-ring (bicyclic) bond motifs is 1. The number of furan rings is 1. The highest BCUT2D eigenvalue weighted by Crippen LogP contribution is 2.24. The molecule has 0 saturated carbocycles. The Morgan fingerprint density at radius 1 is 1.37 bits per heavy atom. The SMILES string of the molecule is CCNC(Cn1cncn1)c1cc2ccccc2o1. The summed E-state index contributed by atoms with van der Waals surface area (Å²) in [4.78, 5) is 3.97. The molecule has 5 heteroatoms. The molecule has 2 heterocycles. The van der Waals surface area contributed by atoms with Crippen LogP contribution in [0.15, 0.2) is 47.4 Å². The first-order valence-electron chi connectivity index (χ1n) is 6.41. The summed E-state index contributed by atoms with van der Waals surface area (Å²) in [5.41, 5.74) is 0.916. The summed E-state index contributed by atoms with van der Waals surface area (Å²) in [5.74, 6) is 0.929. The van der Waals surface area contributed by atoms with E-state index in [9.17, 15) is 0 Å². The van der Waals surface area contributed by atoms with Crippen molar-refractivity contribution >= 4 is 11.0 Å². The Balaban J connectivity index is 1.90. The molecule has 0 amide bonds. The average Bonchev–Trinajstić information content (AvgIpc) is 3.06. The van der Waals surface area contributed by atoms with Crippen molar-refractivity contribution in [2.24, 2.45) is 0 Å². The van der Waals surface area contributed by atoms with Crippen molar-refractivity contribution in [3.8, 4) is 0 Å². The summed E-state index contributed by atoms with van der Waals surface area (Å²) < 4.78 is 7.71. The molecule has 0 saturated heterocycles. The van der Waals surface area contributed by atoms with Crippen molar-refractivity contribution < 1.29 is 4.42 Å². The molecule has 2 aromatic heterocycles. The van der Waals surface area contributed by atoms with Gasteiger partial charge in [-0.3, -0.25) is 4.68 Å². The van der Waals surface area contributed by atoms with Crippen LogP contribution in [0.1, 0.15) is 18.7 Å². The number of benzene rings is 1. The highest BCUT2D eigenvalue weighted by molar-refractivity contribution is 5.77. The van der Waals surface area contributed by atoms with Crippen LogP contribution in [-0.4, -0.2) is 21.3 Å². The first-order chi connectivity index (χ1) is 9.36. The van der Waals surface area contributed by atoms with E-state index < -0.39 is 0 Å². The number of rotatable bonds is 5. The van der Waals surface area contributed by atoms with Crippen molar-refractivity contribution in [1.82, 2.24) is 20.1 Å². The van der Waals surface area contributed by atoms with Gasteiger partial charge in [0.1, 0.15) is 24.0 Å². The van der Waals surface area contributed by atoms with Crippen molar-refractivity contribution in [1.29, 1.82) is 0 Å². The lowest BCUT2D eigenvalue weighted by Gasteiger charge is -2.14. The molecule has 0 bridgehead atoms. The third-order valence-electron chi connectivity index (χ3n) is 3.07. The van der Waals surface area contributed by atoms with Gasteiger partial charge in [0.15, 0.2) is 0 Å². The molecule has 3 aromatic rings. The minimum absolute atomic E-state index is 0.0964. The second-order valence-electron chi connectivity index (χ2n) is 4.41. The third kappa shape index (κ3) is 2.51. The fraction of sp³-hybridized carbons (Fsp3) is 0.286. The van der Waals surface area contributed by atoms with Crippen molar-refractivity contribution in [3.63, 3.8) is 0 Å². The first-order valence-corrected chi connectivity index (χ1v) is 6.41. The fourth-order valence-corrected chi connectivity index (χ4v) is 2.19. The number of hydrogen-bond acceptors (Lipinski definition) is 4. The minimum Gasteiger partial charge on any atom is -0.459 e. The molecule has 0 radical (unpaired) electrons. The van der Waals surface area contributed by atoms with E-state index in [1.807, 2.05) is 18.2 Å². The maximum atomic E-state index is 5.91. The van der Waals surface area contributed by atoms with Gasteiger partial charge < -0.3 is 9.73 Å². The molecule has 5 nitrogen and oxygen atoms in total. The molecule has 1 N–H and O–H groups in total. The number of aromatic nitrogens is 3. The predicted octanol–water partition coefficient (Wildman–Crippen LogP) is 2.38. The van der Waals surface area contributed by atoms with Crippen LogP contribution in [0.5, 0.6) is 0 Å². The molecule has 3 rings (SSSR count). The van der Waals surface area contributed by atoms with E-state index in [0.717, 1.165) is 23.3 Å². The lowest BCUT2D eigenvalue weighted by Crippen LogP contribution is -2.25. The van der Waals surface area contributed by atoms with Gasteiger partial charge in [-0.25, -0.2) is 4.98 Å². The summed E-state index contributed by atoms with van der Waals surface area (Å²) in [6, 6.07) is 10.2. The Morgan fingerprint density at radius 3 is 3.00 bits per heavy atom. The van der Waals surface area contributed by atoms with Crippen LogP contribution in [0.25, 0.3) is 11.0 Å². The minimum atomic E-state index is 0.0964. The molecule has 0 aliphatic heterocycles. The molecule has 0 spiro atoms. The summed E-state index contributed by atoms with van der Waals surface area (Å²) in [5, 5.41) is 8.68. The van der Waals surface area contributed by atoms with E-state index in [1.54, 1.807) is 17.3 Å². The molecular weight excluding hydrogens is 240 g/mol. The summed E-state index contributed by atoms with van der Waals surface area (Å²) in [6.07, 6.45) is 3.26. The van der Waals surface area contributed by atoms with Crippen LogP contribution in [0, 0.1) is 0 Å². The zero-order valence-corrected chi connectivity index (χ0v) is 10.8. The van der Waals surface area contributed by atoms with Gasteiger partial charge in [0.05, 0.1) is 12.6 Å². The van der Waals surface area contributed by atoms with Crippen LogP contribution >= 0.6 is 0 Å². The third-order valence-corrected chi connectivity index (χ3v) is 3.07. The van der Waals surface area contributed by atoms with E-state index in [2.05, 4.69) is 34.5 Å². The van der Waals surface area contributed by atoms with Crippen molar-refractivity contribution in [3.05, 3.63) is 48.7 Å². The Hall–Kier alpha value is -2.14. The summed E-state index contributed by atoms with van der Waals surface area (Å²) >= 11 is 0. The zero-order valence-electron chi connectivity index (χ0n) is 10.8. The van der Waals surface area contributed by atoms with Gasteiger partial charge in [-0.05, 0) is 18.7 Å². The van der Waals surface area contributed by atoms with E-state index in [4.69, 9.17) is 4.42 Å². The van der Waals surface area contributed by atoms with Gasteiger partial charge in [-0.2, -0.15) is 5.10 Å². The van der Waals surface area contributed by atoms with E-state index in [1.165, 1.54) is 0 Å². The number of para-hydroxylation sites is 1. The fourth-order valence-electron chi connectivity index (χ4n) is 2.19. The second-order valence-corrected chi connectivity index (χ2v) is 4.41. The molecule has 0 fully saturated rings. The van der Waals surface area contributed by atoms with Gasteiger partial charge in [-0.1, -0.05) is 25.1 Å². The molecule has 0 aliphatic carbocycles. The monoisotopic (exact) mass is 256 g/mol. The number of hydrogen-bond donors (Lipinski definition) is 1. The molecule has 1 aromatic carbocycles. The quantitative estimate of drug-likeness (QED) is 0.761. The predicted molar refractivity (Wildman–Crippen MR) is 72.7 cm³/mol. The Kier molecular flexibility index (Phi) is 3.29. The lowest BCUT2D eigenvalue weighted by atomic mass is 10.2. The molecule has 1 unspecified atom stereocenters. The second kappa shape index (κ2) is 5.24. The Morgan fingerprint density at radius 2 is 2.26 bits per heavy atom. The summed E-state index contributed by atoms with van der Waals surface area (Å²) in [6.45, 7) is 3.65. The zero-order chi connectivity index (χ0) is 13.1. The van der Waals surface area contributed by atoms with Crippen molar-refractivity contribution in [2.45, 2.75) is 19.5 Å². The number of nitrogens with zero attached hydrogens (tertiary/aromatic N) is 3. The van der Waals surface area contributed by atoms with Crippen LogP contribution in [0.3, 0.4) is 0 Å². The van der Waals surface area contributed by atoms with Gasteiger partial charge in [0, 0.05) is 5.39 Å². The van der Waals surface area contributed by atoms with E-state index in [0.29, 0.717) is 6.54 Å². The summed E-state index contributed by atoms with van der Waals surface area (Å²) in [7, 11) is 0. The standard InChI is InChI=1S/C14H16N4O/c1-2-16-12(8-18-10-15-9-17-18)14-7-11-5-3-4-6-13(11)19-14/h3-7,9-10,12,16H,2,8H2,1H3. The van der Waals surface area contributed by atoms with Crippen molar-refractivity contribution in [2.75, 3.05) is 6.54 Å². The molecule has 98 valence electrons. The number of nitrogens with one attached hydrogen (secondary N) is 1. The Bertz CT molecular complexity index is 611. The molecule has 1 atom stereocenters. The molecule has 0 aliphatic rings. The smallest absolute Gasteiger partial charge is 0.137 e. The average molecular weight is 256 g/mol. The Labute approximate surface area is 111 Å². The van der Waals surface area contributed by atoms with E-state index in [-0.39, 0.29) is 6.04 Å². The number of likely N-dealkylation sites (N-methyl/N-ethyl adjacent to an activating group) is 1. The van der Waals surface area contributed by atoms with Crippen LogP contribution < -0.4 is 5.32 Å². The topological polar surface area (TPSA) is 55.9 Å². The van der Waals surface area contributed by atoms with Crippen LogP contribution in [-0.2, 0) is 6.54 Å². The maximum absolute atomic E-state index is 5.91. The normalized spacial score (nSPS) is 12.9. The maximum Gasteiger partial charge on any atom is 0.137 e. The van der Waals surface area contributed by atoms with Crippen LogP contribution in [0.4, 0.5) is 0 Å². The van der Waals surface area contributed by atoms with E-state index >= 15 is 0 Å². The largest absolute Gasteiger partial charge is 0.459 e. The van der Waals surface area contributed by atoms with Gasteiger partial charge >= 0.3 is 0 Å². The first kappa shape index (κ1) is 11.9. The van der Waals surface area contributed by atoms with Gasteiger partial charge in [0.25, 0.3) is 0 Å². The van der Waals surface area contributed by atoms with Gasteiger partial charge in [-0.15, -0.1) is 0 Å². The molecular formula is C14H16N4O.